The molecule has 12 unspecified atom stereocenters. The SMILES string of the molecule is CC(CCC(=O)O)C1CC[C@H]2C3C(C[C@H](O)[C@]12C)[C@@]1(C)CC[C@@H](O)C[C@H]1C[C@H]3O.CC(CCC(=O)O)C1CC[C@H]2C3CC[C@@H]4C[C@H](O)CC[C@]4(C)C3CC[C@]12C.CC(CCC(=O)O)C1CC[C@H]2C3CC[C@@H]4C[C@H](O)CC[C@]4(C)C3C[C@H](O)[C@]12C.C[C@H](CCC(=O)OC(C)(C)C)[C@H]1CC[C@H]2[C@@H]3CC[C@@H]4C[C@H](O)CC[C@]4(C)[C@H]3CC[C@]12C.C[C@H](CCC(=O)OC(C)(C)C)[C@H]1CC[C@H]2[C@@H]3CC[C@@H]4C[C@H](O)CC[C@]4(C)[C@H]3C[C@H](O)[C@]12C. The van der Waals surface area contributed by atoms with Crippen LogP contribution in [0.3, 0.4) is 0 Å². The molecule has 0 aromatic heterocycles. The van der Waals surface area contributed by atoms with Crippen molar-refractivity contribution in [3.63, 3.8) is 0 Å². The van der Waals surface area contributed by atoms with Crippen molar-refractivity contribution in [3.8, 4) is 0 Å². The Labute approximate surface area is 890 Å². The van der Waals surface area contributed by atoms with Gasteiger partial charge in [0.25, 0.3) is 0 Å². The molecule has 0 saturated heterocycles. The van der Waals surface area contributed by atoms with E-state index in [-0.39, 0.29) is 124 Å². The third kappa shape index (κ3) is 22.3. The number of hydrogen-bond acceptors (Lipinski definition) is 16. The number of aliphatic hydroxyl groups excluding tert-OH is 9. The Hall–Kier alpha value is -3.01. The van der Waals surface area contributed by atoms with E-state index >= 15 is 0 Å². The van der Waals surface area contributed by atoms with E-state index in [9.17, 15) is 69.9 Å². The zero-order valence-corrected chi connectivity index (χ0v) is 96.3. The van der Waals surface area contributed by atoms with E-state index in [1.54, 1.807) is 0 Å². The van der Waals surface area contributed by atoms with Crippen molar-refractivity contribution >= 4 is 29.8 Å². The maximum absolute atomic E-state index is 12.3. The summed E-state index contributed by atoms with van der Waals surface area (Å²) in [7, 11) is 0. The molecule has 49 atom stereocenters. The van der Waals surface area contributed by atoms with Crippen molar-refractivity contribution in [1.82, 2.24) is 0 Å². The molecule has 20 aliphatic rings. The Kier molecular flexibility index (Phi) is 35.4. The normalized spacial score (nSPS) is 49.5. The number of carboxylic acid groups (broad SMARTS) is 3. The van der Waals surface area contributed by atoms with Gasteiger partial charge in [0, 0.05) is 32.1 Å². The van der Waals surface area contributed by atoms with E-state index in [2.05, 4.69) is 104 Å². The monoisotopic (exact) mass is 2060 g/mol. The van der Waals surface area contributed by atoms with E-state index in [4.69, 9.17) is 24.8 Å². The molecule has 0 aliphatic heterocycles. The van der Waals surface area contributed by atoms with Crippen LogP contribution in [-0.2, 0) is 33.4 Å². The summed E-state index contributed by atoms with van der Waals surface area (Å²) in [5, 5.41) is 124. The smallest absolute Gasteiger partial charge is 0.306 e. The predicted molar refractivity (Wildman–Crippen MR) is 578 cm³/mol. The van der Waals surface area contributed by atoms with Crippen molar-refractivity contribution < 1.29 is 94.7 Å². The molecule has 0 spiro atoms. The second-order valence-corrected chi connectivity index (χ2v) is 60.9. The topological polar surface area (TPSA) is 347 Å². The molecule has 19 nitrogen and oxygen atoms in total. The van der Waals surface area contributed by atoms with Gasteiger partial charge in [-0.2, -0.15) is 0 Å². The molecule has 0 aromatic rings. The number of rotatable bonds is 20. The molecule has 12 N–H and O–H groups in total. The highest BCUT2D eigenvalue weighted by molar-refractivity contribution is 5.70. The van der Waals surface area contributed by atoms with Crippen LogP contribution in [0.4, 0.5) is 0 Å². The van der Waals surface area contributed by atoms with Gasteiger partial charge in [0.05, 0.1) is 54.9 Å². The molecule has 842 valence electrons. The number of carbonyl (C=O) groups is 5. The second-order valence-electron chi connectivity index (χ2n) is 60.9. The lowest BCUT2D eigenvalue weighted by Crippen LogP contribution is -2.62. The number of hydrogen-bond donors (Lipinski definition) is 12. The molecule has 19 heteroatoms. The minimum absolute atomic E-state index is 0.0338. The van der Waals surface area contributed by atoms with Gasteiger partial charge in [-0.3, -0.25) is 24.0 Å². The summed E-state index contributed by atoms with van der Waals surface area (Å²) in [5.74, 6) is 15.4. The maximum Gasteiger partial charge on any atom is 0.306 e. The first-order chi connectivity index (χ1) is 68.8. The Morgan fingerprint density at radius 2 is 0.490 bits per heavy atom. The fourth-order valence-corrected chi connectivity index (χ4v) is 44.4. The zero-order valence-electron chi connectivity index (χ0n) is 96.3. The molecule has 0 amide bonds. The Morgan fingerprint density at radius 1 is 0.252 bits per heavy atom. The molecule has 147 heavy (non-hydrogen) atoms. The van der Waals surface area contributed by atoms with Crippen molar-refractivity contribution in [2.24, 2.45) is 232 Å². The molecular formula is C128H216O19. The van der Waals surface area contributed by atoms with E-state index in [0.29, 0.717) is 160 Å². The van der Waals surface area contributed by atoms with Crippen LogP contribution < -0.4 is 0 Å². The van der Waals surface area contributed by atoms with Crippen molar-refractivity contribution in [2.45, 2.75) is 539 Å². The molecule has 0 radical (unpaired) electrons. The molecule has 0 aromatic carbocycles. The van der Waals surface area contributed by atoms with Crippen LogP contribution in [0.15, 0.2) is 0 Å². The minimum atomic E-state index is -0.748. The van der Waals surface area contributed by atoms with E-state index in [1.165, 1.54) is 135 Å². The quantitative estimate of drug-likeness (QED) is 0.0504. The highest BCUT2D eigenvalue weighted by Gasteiger charge is 2.71. The van der Waals surface area contributed by atoms with Crippen molar-refractivity contribution in [3.05, 3.63) is 0 Å². The first kappa shape index (κ1) is 116. The number of aliphatic carboxylic acids is 3. The lowest BCUT2D eigenvalue weighted by Gasteiger charge is -2.63. The van der Waals surface area contributed by atoms with Gasteiger partial charge in [-0.15, -0.1) is 0 Å². The summed E-state index contributed by atoms with van der Waals surface area (Å²) < 4.78 is 11.1. The van der Waals surface area contributed by atoms with Gasteiger partial charge in [0.2, 0.25) is 0 Å². The predicted octanol–water partition coefficient (Wildman–Crippen LogP) is 25.9. The maximum atomic E-state index is 12.3. The molecule has 0 heterocycles. The number of carbonyl (C=O) groups excluding carboxylic acids is 2. The van der Waals surface area contributed by atoms with E-state index in [1.807, 2.05) is 41.5 Å². The van der Waals surface area contributed by atoms with Crippen LogP contribution in [0.2, 0.25) is 0 Å². The van der Waals surface area contributed by atoms with E-state index in [0.717, 1.165) is 207 Å². The third-order valence-electron chi connectivity index (χ3n) is 52.2. The number of carboxylic acids is 3. The summed E-state index contributed by atoms with van der Waals surface area (Å²) in [4.78, 5) is 57.7. The van der Waals surface area contributed by atoms with Crippen LogP contribution in [0.5, 0.6) is 0 Å². The van der Waals surface area contributed by atoms with Crippen LogP contribution in [0.1, 0.15) is 473 Å². The summed E-state index contributed by atoms with van der Waals surface area (Å²) in [5.41, 5.74) is 1.31. The average molecular weight is 2060 g/mol. The summed E-state index contributed by atoms with van der Waals surface area (Å²) in [6.07, 6.45) is 50.5. The lowest BCUT2D eigenvalue weighted by molar-refractivity contribution is -0.207. The average Bonchev–Trinajstić information content (AvgIpc) is 1.65. The van der Waals surface area contributed by atoms with Crippen molar-refractivity contribution in [1.29, 1.82) is 0 Å². The largest absolute Gasteiger partial charge is 0.481 e. The van der Waals surface area contributed by atoms with Gasteiger partial charge in [0.15, 0.2) is 0 Å². The molecule has 20 fully saturated rings. The molecule has 0 bridgehead atoms. The fourth-order valence-electron chi connectivity index (χ4n) is 44.4. The van der Waals surface area contributed by atoms with Crippen LogP contribution in [-0.4, -0.2) is 157 Å². The summed E-state index contributed by atoms with van der Waals surface area (Å²) in [6, 6.07) is 0. The van der Waals surface area contributed by atoms with Gasteiger partial charge in [-0.25, -0.2) is 0 Å². The lowest BCUT2D eigenvalue weighted by atomic mass is 9.43. The number of ether oxygens (including phenoxy) is 2. The highest BCUT2D eigenvalue weighted by atomic mass is 16.6. The first-order valence-electron chi connectivity index (χ1n) is 62.0. The highest BCUT2D eigenvalue weighted by Crippen LogP contribution is 2.76. The van der Waals surface area contributed by atoms with Gasteiger partial charge >= 0.3 is 29.8 Å². The Bertz CT molecular complexity index is 4440. The fraction of sp³-hybridized carbons (Fsp3) is 0.961. The van der Waals surface area contributed by atoms with Gasteiger partial charge in [-0.05, 0) is 569 Å². The number of aliphatic hydroxyl groups is 9. The third-order valence-corrected chi connectivity index (χ3v) is 52.2. The molecule has 20 rings (SSSR count). The molecule has 20 saturated carbocycles. The van der Waals surface area contributed by atoms with Gasteiger partial charge < -0.3 is 70.8 Å². The van der Waals surface area contributed by atoms with Gasteiger partial charge in [-0.1, -0.05) is 104 Å². The second kappa shape index (κ2) is 44.7. The Morgan fingerprint density at radius 3 is 0.803 bits per heavy atom. The number of fused-ring (bicyclic) bond motifs is 25. The minimum Gasteiger partial charge on any atom is -0.481 e. The molecule has 20 aliphatic carbocycles. The molecular weight excluding hydrogens is 1840 g/mol. The van der Waals surface area contributed by atoms with E-state index < -0.39 is 29.6 Å². The van der Waals surface area contributed by atoms with Crippen LogP contribution in [0.25, 0.3) is 0 Å². The van der Waals surface area contributed by atoms with Gasteiger partial charge in [0.1, 0.15) is 11.2 Å². The Balaban J connectivity index is 0.000000131. The first-order valence-corrected chi connectivity index (χ1v) is 62.0. The van der Waals surface area contributed by atoms with Crippen LogP contribution >= 0.6 is 0 Å². The zero-order chi connectivity index (χ0) is 107. The summed E-state index contributed by atoms with van der Waals surface area (Å²) >= 11 is 0. The van der Waals surface area contributed by atoms with Crippen molar-refractivity contribution in [2.75, 3.05) is 0 Å². The van der Waals surface area contributed by atoms with Crippen LogP contribution in [0, 0.1) is 232 Å². The summed E-state index contributed by atoms with van der Waals surface area (Å²) in [6.45, 7) is 47.5. The number of esters is 2. The standard InChI is InChI=1S/C28H48O4.C28H48O3.C24H40O5.C24H40O4.C24H40O3/c1-17(7-12-25(31)32-26(2,3)4)21-10-11-22-20-9-8-18-15-19(29)13-14-27(18,5)23(20)16-24(30)28(21,22)6;1-18(7-12-25(30)31-26(2,3)4)22-10-11-23-21-9-8-19-17-20(29)13-15-27(19,5)24(21)14-16-28(22,23)6;1-13(4-7-21(28)29)16-5-6-17-22-18(12-20(27)24(16,17)3)23(2)9-8-15(25)10-14(23)11-19(22)26;1-14(4-9-22(27)28)18-7-8-19-17-6-5-15-12-16(25)10-11-23(15,2)20(17)13-21(26)24(18,19)3;1-15(4-9-22(26)27)19-7-8-20-18-6-5-16-14-17(25)10-12-23(16,2)21(18)11-13-24(19,20)3/h17-24,29-30H,7-16H2,1-6H3;18-24,29H,7-17H2,1-6H3;13-20,22,25-27H,4-12H2,1-3H3,(H,28,29);14-21,25-26H,4-13H2,1-3H3,(H,27,28);15-21,25H,4-14H2,1-3H3,(H,26,27)/t17-,18-,19-,20+,21-,22+,23+,24+,27+,28-;18-,19-,20-,21+,22-,23+,24+,27+,28-;13?,14-,15+,16?,17-,18?,19+,20-,22?,23-,24+;14?,15-,16-,17?,18?,19+,20?,21+,23+,24-;15?,16-,17-,18?,19?,20+,21?,23+,24-/m11011/s1.